The number of aromatic nitrogens is 2. The van der Waals surface area contributed by atoms with Gasteiger partial charge in [-0.2, -0.15) is 0 Å². The van der Waals surface area contributed by atoms with E-state index in [2.05, 4.69) is 16.2 Å². The van der Waals surface area contributed by atoms with Crippen molar-refractivity contribution in [2.75, 3.05) is 13.2 Å². The molecule has 1 heterocycles. The number of hydrogen-bond donors (Lipinski definition) is 1. The van der Waals surface area contributed by atoms with Crippen LogP contribution in [0.25, 0.3) is 11.3 Å². The van der Waals surface area contributed by atoms with E-state index in [9.17, 15) is 4.79 Å². The molecule has 0 spiro atoms. The average Bonchev–Trinajstić information content (AvgIpc) is 2.54. The molecule has 7 heteroatoms. The summed E-state index contributed by atoms with van der Waals surface area (Å²) in [6.45, 7) is 4.27. The summed E-state index contributed by atoms with van der Waals surface area (Å²) in [6, 6.07) is 7.94. The van der Waals surface area contributed by atoms with Gasteiger partial charge in [0.05, 0.1) is 0 Å². The quantitative estimate of drug-likeness (QED) is 0.458. The van der Waals surface area contributed by atoms with Crippen LogP contribution in [0.1, 0.15) is 18.1 Å². The molecule has 0 aliphatic heterocycles. The second-order valence-electron chi connectivity index (χ2n) is 5.12. The normalized spacial score (nSPS) is 10.9. The van der Waals surface area contributed by atoms with Gasteiger partial charge in [0, 0.05) is 0 Å². The number of aryl methyl sites for hydroxylation is 1. The Morgan fingerprint density at radius 1 is 1.39 bits per heavy atom. The Balaban J connectivity index is 2.75. The topological polar surface area (TPSA) is 56.4 Å². The van der Waals surface area contributed by atoms with Crippen molar-refractivity contribution in [2.45, 2.75) is 27.0 Å². The Hall–Kier alpha value is -1.24. The third-order valence-electron chi connectivity index (χ3n) is 3.50. The third-order valence-corrected chi connectivity index (χ3v) is 4.88. The van der Waals surface area contributed by atoms with Gasteiger partial charge < -0.3 is 0 Å². The van der Waals surface area contributed by atoms with E-state index in [1.807, 2.05) is 38.1 Å². The number of hydrogen-bond acceptors (Lipinski definition) is 4. The van der Waals surface area contributed by atoms with Gasteiger partial charge in [0.15, 0.2) is 0 Å². The van der Waals surface area contributed by atoms with Gasteiger partial charge in [-0.1, -0.05) is 0 Å². The molecule has 23 heavy (non-hydrogen) atoms. The van der Waals surface area contributed by atoms with Gasteiger partial charge in [-0.25, -0.2) is 0 Å². The average molecular weight is 398 g/mol. The van der Waals surface area contributed by atoms with Crippen LogP contribution < -0.4 is 5.56 Å². The van der Waals surface area contributed by atoms with Crippen LogP contribution in [0.2, 0.25) is 0 Å². The molecule has 1 N–H and O–H groups in total. The number of nitrogens with zero attached hydrogens (tertiary/aromatic N) is 2. The Kier molecular flexibility index (Phi) is 6.32. The molecule has 2 aromatic rings. The molecule has 1 aromatic heterocycles. The monoisotopic (exact) mass is 399 g/mol. The summed E-state index contributed by atoms with van der Waals surface area (Å²) in [5, 5.41) is 8.91. The molecule has 1 radical (unpaired) electrons. The minimum absolute atomic E-state index is 0.0639. The third kappa shape index (κ3) is 3.82. The van der Waals surface area contributed by atoms with Crippen molar-refractivity contribution < 1.29 is 9.84 Å². The van der Waals surface area contributed by atoms with Crippen LogP contribution in [0.3, 0.4) is 0 Å². The number of aliphatic hydroxyl groups is 1. The Bertz CT molecular complexity index is 814. The van der Waals surface area contributed by atoms with Crippen molar-refractivity contribution >= 4 is 28.4 Å². The van der Waals surface area contributed by atoms with E-state index >= 15 is 0 Å². The van der Waals surface area contributed by atoms with E-state index < -0.39 is 0 Å². The molecular formula is C16H19N2O3SSe. The fourth-order valence-electron chi connectivity index (χ4n) is 2.46. The molecule has 2 rings (SSSR count). The summed E-state index contributed by atoms with van der Waals surface area (Å²) in [5.74, 6) is 0. The maximum absolute atomic E-state index is 12.6. The minimum atomic E-state index is -0.132. The molecule has 0 atom stereocenters. The van der Waals surface area contributed by atoms with Gasteiger partial charge in [-0.3, -0.25) is 0 Å². The van der Waals surface area contributed by atoms with E-state index in [-0.39, 0.29) is 25.5 Å². The molecule has 0 saturated heterocycles. The SMILES string of the molecule is CCc1c(-c2cccc(C)c2)n(COCCO)c(=S)n([Se])c1=O. The van der Waals surface area contributed by atoms with Gasteiger partial charge in [0.2, 0.25) is 0 Å². The molecule has 0 saturated carbocycles. The second-order valence-corrected chi connectivity index (χ2v) is 6.25. The summed E-state index contributed by atoms with van der Waals surface area (Å²) in [5.41, 5.74) is 3.35. The molecule has 0 unspecified atom stereocenters. The van der Waals surface area contributed by atoms with Gasteiger partial charge in [-0.05, 0) is 0 Å². The zero-order valence-corrected chi connectivity index (χ0v) is 15.6. The van der Waals surface area contributed by atoms with Crippen LogP contribution in [0.15, 0.2) is 29.1 Å². The van der Waals surface area contributed by atoms with Gasteiger partial charge in [0.25, 0.3) is 0 Å². The molecule has 5 nitrogen and oxygen atoms in total. The second kappa shape index (κ2) is 8.04. The van der Waals surface area contributed by atoms with Gasteiger partial charge in [0.1, 0.15) is 0 Å². The van der Waals surface area contributed by atoms with Crippen molar-refractivity contribution in [1.29, 1.82) is 0 Å². The maximum atomic E-state index is 12.6. The van der Waals surface area contributed by atoms with Crippen molar-refractivity contribution in [1.82, 2.24) is 8.15 Å². The summed E-state index contributed by atoms with van der Waals surface area (Å²) in [4.78, 5) is 12.6. The van der Waals surface area contributed by atoms with E-state index in [4.69, 9.17) is 22.1 Å². The number of rotatable bonds is 6. The first-order valence-corrected chi connectivity index (χ1v) is 8.50. The predicted octanol–water partition coefficient (Wildman–Crippen LogP) is 1.82. The van der Waals surface area contributed by atoms with Crippen LogP contribution in [0.5, 0.6) is 0 Å². The van der Waals surface area contributed by atoms with Crippen LogP contribution in [0, 0.1) is 11.7 Å². The van der Waals surface area contributed by atoms with E-state index in [1.54, 1.807) is 4.57 Å². The Morgan fingerprint density at radius 2 is 2.13 bits per heavy atom. The molecule has 0 bridgehead atoms. The summed E-state index contributed by atoms with van der Waals surface area (Å²) < 4.78 is 8.93. The summed E-state index contributed by atoms with van der Waals surface area (Å²) in [7, 11) is 0. The molecule has 0 fully saturated rings. The van der Waals surface area contributed by atoms with Crippen LogP contribution in [-0.2, 0) is 17.9 Å². The zero-order chi connectivity index (χ0) is 17.0. The fourth-order valence-corrected chi connectivity index (χ4v) is 3.13. The molecule has 0 amide bonds. The first-order chi connectivity index (χ1) is 11.0. The number of ether oxygens (including phenoxy) is 1. The molecule has 0 aliphatic rings. The van der Waals surface area contributed by atoms with Crippen molar-refractivity contribution in [3.05, 3.63) is 50.5 Å². The summed E-state index contributed by atoms with van der Waals surface area (Å²) >= 11 is 8.12. The molecule has 123 valence electrons. The Morgan fingerprint density at radius 3 is 2.74 bits per heavy atom. The van der Waals surface area contributed by atoms with Crippen LogP contribution in [0.4, 0.5) is 0 Å². The summed E-state index contributed by atoms with van der Waals surface area (Å²) in [6.07, 6.45) is 0.583. The first-order valence-electron chi connectivity index (χ1n) is 7.33. The Labute approximate surface area is 148 Å². The zero-order valence-electron chi connectivity index (χ0n) is 13.1. The van der Waals surface area contributed by atoms with Crippen LogP contribution in [-0.4, -0.2) is 42.7 Å². The standard InChI is InChI=1S/C16H19N2O3SSe/c1-3-13-14(12-6-4-5-11(2)9-12)17(10-21-8-7-19)16(22)18(23)15(13)20/h4-6,9,19H,3,7-8,10H2,1-2H3. The molecule has 0 aliphatic carbocycles. The first kappa shape index (κ1) is 18.1. The van der Waals surface area contributed by atoms with Gasteiger partial charge >= 0.3 is 148 Å². The fraction of sp³-hybridized carbons (Fsp3) is 0.375. The molecular weight excluding hydrogens is 379 g/mol. The van der Waals surface area contributed by atoms with Crippen molar-refractivity contribution in [3.63, 3.8) is 0 Å². The van der Waals surface area contributed by atoms with E-state index in [0.29, 0.717) is 16.8 Å². The van der Waals surface area contributed by atoms with Crippen LogP contribution >= 0.6 is 12.2 Å². The number of benzene rings is 1. The van der Waals surface area contributed by atoms with E-state index in [1.165, 1.54) is 3.58 Å². The number of aliphatic hydroxyl groups excluding tert-OH is 1. The van der Waals surface area contributed by atoms with E-state index in [0.717, 1.165) is 16.8 Å². The van der Waals surface area contributed by atoms with Crippen molar-refractivity contribution in [2.24, 2.45) is 0 Å². The van der Waals surface area contributed by atoms with Gasteiger partial charge in [-0.15, -0.1) is 0 Å². The molecule has 1 aromatic carbocycles. The predicted molar refractivity (Wildman–Crippen MR) is 93.3 cm³/mol. The van der Waals surface area contributed by atoms with Crippen molar-refractivity contribution in [3.8, 4) is 11.3 Å².